The number of benzene rings is 1. The zero-order valence-electron chi connectivity index (χ0n) is 13.4. The maximum atomic E-state index is 13.0. The van der Waals surface area contributed by atoms with Gasteiger partial charge in [-0.05, 0) is 53.4 Å². The van der Waals surface area contributed by atoms with Crippen LogP contribution in [0.1, 0.15) is 19.3 Å². The van der Waals surface area contributed by atoms with Crippen molar-refractivity contribution in [3.05, 3.63) is 28.5 Å². The zero-order valence-corrected chi connectivity index (χ0v) is 15.0. The van der Waals surface area contributed by atoms with E-state index in [0.29, 0.717) is 17.4 Å². The molecule has 2 N–H and O–H groups in total. The van der Waals surface area contributed by atoms with Gasteiger partial charge in [-0.2, -0.15) is 0 Å². The molecular formula is C16H18BrFN2O5. The molecular weight excluding hydrogens is 399 g/mol. The number of piperidine rings is 1. The summed E-state index contributed by atoms with van der Waals surface area (Å²) in [7, 11) is 0. The van der Waals surface area contributed by atoms with E-state index in [1.807, 2.05) is 0 Å². The van der Waals surface area contributed by atoms with Crippen LogP contribution in [0, 0.1) is 5.82 Å². The van der Waals surface area contributed by atoms with Crippen LogP contribution in [0.4, 0.5) is 4.39 Å². The van der Waals surface area contributed by atoms with Gasteiger partial charge >= 0.3 is 5.97 Å². The molecule has 1 aromatic carbocycles. The lowest BCUT2D eigenvalue weighted by Crippen LogP contribution is -2.51. The Morgan fingerprint density at radius 3 is 2.72 bits per heavy atom. The Morgan fingerprint density at radius 2 is 2.04 bits per heavy atom. The maximum Gasteiger partial charge on any atom is 0.344 e. The molecule has 0 aromatic heterocycles. The summed E-state index contributed by atoms with van der Waals surface area (Å²) in [5.74, 6) is -1.96. The molecule has 25 heavy (non-hydrogen) atoms. The van der Waals surface area contributed by atoms with Gasteiger partial charge in [0.1, 0.15) is 17.6 Å². The van der Waals surface area contributed by atoms with Gasteiger partial charge in [0.15, 0.2) is 13.2 Å². The first-order chi connectivity index (χ1) is 11.9. The second-order valence-corrected chi connectivity index (χ2v) is 6.38. The number of hydrogen-bond acceptors (Lipinski definition) is 5. The summed E-state index contributed by atoms with van der Waals surface area (Å²) < 4.78 is 23.4. The topological polar surface area (TPSA) is 98.9 Å². The standard InChI is InChI=1S/C16H18BrFN2O5/c17-11-7-10(18)4-5-13(11)24-9-15(22)25-8-14(21)20-6-2-1-3-12(20)16(19)23/h4-5,7,12H,1-3,6,8-9H2,(H2,19,23)/t12-/m0/s1. The average molecular weight is 417 g/mol. The zero-order chi connectivity index (χ0) is 18.4. The lowest BCUT2D eigenvalue weighted by atomic mass is 10.0. The largest absolute Gasteiger partial charge is 0.481 e. The van der Waals surface area contributed by atoms with Crippen LogP contribution in [0.5, 0.6) is 5.75 Å². The van der Waals surface area contributed by atoms with Crippen LogP contribution < -0.4 is 10.5 Å². The van der Waals surface area contributed by atoms with Crippen molar-refractivity contribution < 1.29 is 28.2 Å². The molecule has 136 valence electrons. The first kappa shape index (κ1) is 19.2. The third-order valence-corrected chi connectivity index (χ3v) is 4.37. The highest BCUT2D eigenvalue weighted by Crippen LogP contribution is 2.25. The molecule has 0 radical (unpaired) electrons. The predicted octanol–water partition coefficient (Wildman–Crippen LogP) is 1.38. The van der Waals surface area contributed by atoms with Gasteiger partial charge in [-0.3, -0.25) is 9.59 Å². The van der Waals surface area contributed by atoms with Crippen molar-refractivity contribution in [1.82, 2.24) is 4.90 Å². The molecule has 0 aliphatic carbocycles. The van der Waals surface area contributed by atoms with Gasteiger partial charge in [-0.25, -0.2) is 9.18 Å². The first-order valence-corrected chi connectivity index (χ1v) is 8.50. The molecule has 7 nitrogen and oxygen atoms in total. The highest BCUT2D eigenvalue weighted by molar-refractivity contribution is 9.10. The number of primary amides is 1. The minimum Gasteiger partial charge on any atom is -0.481 e. The molecule has 1 aliphatic rings. The quantitative estimate of drug-likeness (QED) is 0.706. The van der Waals surface area contributed by atoms with Gasteiger partial charge in [0, 0.05) is 6.54 Å². The molecule has 2 rings (SSSR count). The van der Waals surface area contributed by atoms with Gasteiger partial charge in [0.05, 0.1) is 4.47 Å². The number of esters is 1. The van der Waals surface area contributed by atoms with Gasteiger partial charge in [0.2, 0.25) is 5.91 Å². The number of carbonyl (C=O) groups is 3. The van der Waals surface area contributed by atoms with E-state index >= 15 is 0 Å². The Labute approximate surface area is 152 Å². The smallest absolute Gasteiger partial charge is 0.344 e. The van der Waals surface area contributed by atoms with Gasteiger partial charge in [-0.1, -0.05) is 0 Å². The number of nitrogens with zero attached hydrogens (tertiary/aromatic N) is 1. The maximum absolute atomic E-state index is 13.0. The number of halogens is 2. The van der Waals surface area contributed by atoms with Gasteiger partial charge in [0.25, 0.3) is 5.91 Å². The van der Waals surface area contributed by atoms with Crippen LogP contribution in [0.25, 0.3) is 0 Å². The van der Waals surface area contributed by atoms with E-state index in [1.165, 1.54) is 23.1 Å². The molecule has 1 aromatic rings. The van der Waals surface area contributed by atoms with Crippen LogP contribution in [-0.2, 0) is 19.1 Å². The molecule has 0 unspecified atom stereocenters. The molecule has 0 spiro atoms. The van der Waals surface area contributed by atoms with Crippen LogP contribution in [-0.4, -0.2) is 48.5 Å². The summed E-state index contributed by atoms with van der Waals surface area (Å²) in [6.07, 6.45) is 2.10. The summed E-state index contributed by atoms with van der Waals surface area (Å²) in [6, 6.07) is 3.09. The monoisotopic (exact) mass is 416 g/mol. The highest BCUT2D eigenvalue weighted by atomic mass is 79.9. The third-order valence-electron chi connectivity index (χ3n) is 3.75. The lowest BCUT2D eigenvalue weighted by Gasteiger charge is -2.33. The number of likely N-dealkylation sites (tertiary alicyclic amines) is 1. The fourth-order valence-corrected chi connectivity index (χ4v) is 2.99. The fraction of sp³-hybridized carbons (Fsp3) is 0.438. The van der Waals surface area contributed by atoms with Crippen molar-refractivity contribution in [2.75, 3.05) is 19.8 Å². The van der Waals surface area contributed by atoms with E-state index in [-0.39, 0.29) is 5.75 Å². The van der Waals surface area contributed by atoms with Crippen LogP contribution in [0.2, 0.25) is 0 Å². The van der Waals surface area contributed by atoms with E-state index in [2.05, 4.69) is 15.9 Å². The van der Waals surface area contributed by atoms with E-state index in [0.717, 1.165) is 12.8 Å². The van der Waals surface area contributed by atoms with Crippen molar-refractivity contribution in [3.63, 3.8) is 0 Å². The first-order valence-electron chi connectivity index (χ1n) is 7.70. The Kier molecular flexibility index (Phi) is 6.74. The van der Waals surface area contributed by atoms with E-state index < -0.39 is 42.9 Å². The van der Waals surface area contributed by atoms with Crippen molar-refractivity contribution in [3.8, 4) is 5.75 Å². The molecule has 2 amide bonds. The second-order valence-electron chi connectivity index (χ2n) is 5.53. The molecule has 1 saturated heterocycles. The number of amides is 2. The Morgan fingerprint density at radius 1 is 1.28 bits per heavy atom. The van der Waals surface area contributed by atoms with E-state index in [4.69, 9.17) is 15.2 Å². The van der Waals surface area contributed by atoms with Crippen molar-refractivity contribution in [2.45, 2.75) is 25.3 Å². The predicted molar refractivity (Wildman–Crippen MR) is 89.1 cm³/mol. The second kappa shape index (κ2) is 8.80. The minimum atomic E-state index is -0.753. The number of carbonyl (C=O) groups excluding carboxylic acids is 3. The summed E-state index contributed by atoms with van der Waals surface area (Å²) in [5.41, 5.74) is 5.30. The SMILES string of the molecule is NC(=O)[C@@H]1CCCCN1C(=O)COC(=O)COc1ccc(F)cc1Br. The van der Waals surface area contributed by atoms with Crippen LogP contribution >= 0.6 is 15.9 Å². The summed E-state index contributed by atoms with van der Waals surface area (Å²) in [4.78, 5) is 36.6. The number of ether oxygens (including phenoxy) is 2. The van der Waals surface area contributed by atoms with Crippen LogP contribution in [0.3, 0.4) is 0 Å². The molecule has 1 heterocycles. The van der Waals surface area contributed by atoms with Gasteiger partial charge < -0.3 is 20.1 Å². The molecule has 0 saturated carbocycles. The van der Waals surface area contributed by atoms with E-state index in [1.54, 1.807) is 0 Å². The molecule has 1 aliphatic heterocycles. The Hall–Kier alpha value is -2.16. The van der Waals surface area contributed by atoms with Gasteiger partial charge in [-0.15, -0.1) is 0 Å². The minimum absolute atomic E-state index is 0.273. The number of hydrogen-bond donors (Lipinski definition) is 1. The third kappa shape index (κ3) is 5.42. The fourth-order valence-electron chi connectivity index (χ4n) is 2.52. The lowest BCUT2D eigenvalue weighted by molar-refractivity contribution is -0.156. The number of rotatable bonds is 6. The Bertz CT molecular complexity index is 670. The average Bonchev–Trinajstić information content (AvgIpc) is 2.58. The molecule has 1 atom stereocenters. The normalized spacial score (nSPS) is 17.0. The van der Waals surface area contributed by atoms with E-state index in [9.17, 15) is 18.8 Å². The van der Waals surface area contributed by atoms with Crippen molar-refractivity contribution >= 4 is 33.7 Å². The van der Waals surface area contributed by atoms with Crippen molar-refractivity contribution in [1.29, 1.82) is 0 Å². The summed E-state index contributed by atoms with van der Waals surface area (Å²) >= 11 is 3.11. The molecule has 0 bridgehead atoms. The van der Waals surface area contributed by atoms with Crippen LogP contribution in [0.15, 0.2) is 22.7 Å². The molecule has 1 fully saturated rings. The highest BCUT2D eigenvalue weighted by Gasteiger charge is 2.30. The van der Waals surface area contributed by atoms with Crippen molar-refractivity contribution in [2.24, 2.45) is 5.73 Å². The Balaban J connectivity index is 1.80. The number of nitrogens with two attached hydrogens (primary N) is 1. The summed E-state index contributed by atoms with van der Waals surface area (Å²) in [6.45, 7) is -0.518. The summed E-state index contributed by atoms with van der Waals surface area (Å²) in [5, 5.41) is 0. The molecule has 9 heteroatoms.